The van der Waals surface area contributed by atoms with E-state index in [9.17, 15) is 5.11 Å². The Bertz CT molecular complexity index is 240. The van der Waals surface area contributed by atoms with Gasteiger partial charge in [0.25, 0.3) is 0 Å². The monoisotopic (exact) mass is 136 g/mol. The second kappa shape index (κ2) is 1.59. The third-order valence-corrected chi connectivity index (χ3v) is 1.76. The fourth-order valence-corrected chi connectivity index (χ4v) is 1.04. The molecule has 52 valence electrons. The van der Waals surface area contributed by atoms with E-state index in [1.165, 1.54) is 0 Å². The fraction of sp³-hybridized carbons (Fsp3) is 0.250. The number of hydrogen-bond donors (Lipinski definition) is 1. The highest BCUT2D eigenvalue weighted by Crippen LogP contribution is 2.39. The van der Waals surface area contributed by atoms with Gasteiger partial charge < -0.3 is 9.84 Å². The Morgan fingerprint density at radius 3 is 3.20 bits per heavy atom. The molecule has 1 aliphatic carbocycles. The lowest BCUT2D eigenvalue weighted by Gasteiger charge is -2.01. The van der Waals surface area contributed by atoms with Gasteiger partial charge in [0.2, 0.25) is 5.79 Å². The summed E-state index contributed by atoms with van der Waals surface area (Å²) < 4.78 is 4.94. The number of fused-ring (bicyclic) bond motifs is 1. The van der Waals surface area contributed by atoms with Gasteiger partial charge in [-0.15, -0.1) is 0 Å². The number of aliphatic hydroxyl groups is 1. The molecule has 1 N–H and O–H groups in total. The Morgan fingerprint density at radius 1 is 1.80 bits per heavy atom. The van der Waals surface area contributed by atoms with E-state index in [1.54, 1.807) is 18.2 Å². The first-order valence-electron chi connectivity index (χ1n) is 3.18. The van der Waals surface area contributed by atoms with Crippen LogP contribution in [0.1, 0.15) is 0 Å². The van der Waals surface area contributed by atoms with Crippen molar-refractivity contribution in [1.82, 2.24) is 0 Å². The van der Waals surface area contributed by atoms with Crippen molar-refractivity contribution in [1.29, 1.82) is 0 Å². The molecule has 2 unspecified atom stereocenters. The van der Waals surface area contributed by atoms with Crippen molar-refractivity contribution in [2.75, 3.05) is 0 Å². The van der Waals surface area contributed by atoms with Gasteiger partial charge in [-0.25, -0.2) is 0 Å². The van der Waals surface area contributed by atoms with E-state index in [4.69, 9.17) is 4.74 Å². The van der Waals surface area contributed by atoms with E-state index in [1.807, 2.05) is 6.08 Å². The lowest BCUT2D eigenvalue weighted by molar-refractivity contribution is 0.0825. The van der Waals surface area contributed by atoms with E-state index in [2.05, 4.69) is 6.58 Å². The minimum absolute atomic E-state index is 0.134. The van der Waals surface area contributed by atoms with Gasteiger partial charge in [-0.3, -0.25) is 0 Å². The summed E-state index contributed by atoms with van der Waals surface area (Å²) in [6.07, 6.45) is 6.90. The maximum absolute atomic E-state index is 9.27. The molecular weight excluding hydrogens is 128 g/mol. The van der Waals surface area contributed by atoms with Gasteiger partial charge in [0, 0.05) is 0 Å². The minimum Gasteiger partial charge on any atom is -0.360 e. The Hall–Kier alpha value is -0.860. The number of allylic oxidation sites excluding steroid dienone is 3. The second-order valence-electron chi connectivity index (χ2n) is 2.49. The Labute approximate surface area is 59.1 Å². The van der Waals surface area contributed by atoms with Crippen molar-refractivity contribution in [3.05, 3.63) is 36.5 Å². The van der Waals surface area contributed by atoms with Crippen LogP contribution < -0.4 is 0 Å². The summed E-state index contributed by atoms with van der Waals surface area (Å²) in [6, 6.07) is 0. The summed E-state index contributed by atoms with van der Waals surface area (Å²) in [4.78, 5) is 0. The fourth-order valence-electron chi connectivity index (χ4n) is 1.04. The van der Waals surface area contributed by atoms with Crippen LogP contribution in [-0.2, 0) is 4.74 Å². The Kier molecular flexibility index (Phi) is 0.938. The van der Waals surface area contributed by atoms with Crippen LogP contribution in [0.25, 0.3) is 0 Å². The normalized spacial score (nSPS) is 42.1. The topological polar surface area (TPSA) is 32.8 Å². The van der Waals surface area contributed by atoms with E-state index >= 15 is 0 Å². The van der Waals surface area contributed by atoms with E-state index in [0.29, 0.717) is 0 Å². The highest BCUT2D eigenvalue weighted by molar-refractivity contribution is 5.39. The zero-order valence-electron chi connectivity index (χ0n) is 5.45. The molecule has 0 aromatic heterocycles. The number of rotatable bonds is 1. The summed E-state index contributed by atoms with van der Waals surface area (Å²) >= 11 is 0. The highest BCUT2D eigenvalue weighted by Gasteiger charge is 2.53. The van der Waals surface area contributed by atoms with Gasteiger partial charge in [0.05, 0.1) is 0 Å². The molecule has 2 atom stereocenters. The SMILES string of the molecule is C=CC1=CC2OC2(O)C=C1. The van der Waals surface area contributed by atoms with E-state index in [-0.39, 0.29) is 6.10 Å². The van der Waals surface area contributed by atoms with Crippen LogP contribution in [-0.4, -0.2) is 17.0 Å². The third-order valence-electron chi connectivity index (χ3n) is 1.76. The Morgan fingerprint density at radius 2 is 2.60 bits per heavy atom. The predicted molar refractivity (Wildman–Crippen MR) is 37.2 cm³/mol. The maximum Gasteiger partial charge on any atom is 0.217 e. The molecule has 0 radical (unpaired) electrons. The van der Waals surface area contributed by atoms with Crippen molar-refractivity contribution < 1.29 is 9.84 Å². The van der Waals surface area contributed by atoms with E-state index < -0.39 is 5.79 Å². The average molecular weight is 136 g/mol. The Balaban J connectivity index is 2.27. The lowest BCUT2D eigenvalue weighted by Crippen LogP contribution is -2.11. The third kappa shape index (κ3) is 0.664. The molecule has 1 aliphatic heterocycles. The molecule has 0 amide bonds. The van der Waals surface area contributed by atoms with Gasteiger partial charge in [0.15, 0.2) is 0 Å². The van der Waals surface area contributed by atoms with Crippen LogP contribution in [0.15, 0.2) is 36.5 Å². The first-order valence-corrected chi connectivity index (χ1v) is 3.18. The summed E-state index contributed by atoms with van der Waals surface area (Å²) in [5, 5.41) is 9.27. The molecular formula is C8H8O2. The van der Waals surface area contributed by atoms with Crippen LogP contribution in [0.2, 0.25) is 0 Å². The molecule has 2 nitrogen and oxygen atoms in total. The van der Waals surface area contributed by atoms with Crippen molar-refractivity contribution in [3.8, 4) is 0 Å². The van der Waals surface area contributed by atoms with Crippen LogP contribution in [0.3, 0.4) is 0 Å². The molecule has 2 rings (SSSR count). The van der Waals surface area contributed by atoms with Crippen LogP contribution in [0.4, 0.5) is 0 Å². The second-order valence-corrected chi connectivity index (χ2v) is 2.49. The molecule has 0 aromatic rings. The molecule has 0 saturated carbocycles. The minimum atomic E-state index is -0.980. The molecule has 1 saturated heterocycles. The van der Waals surface area contributed by atoms with Crippen LogP contribution in [0.5, 0.6) is 0 Å². The first kappa shape index (κ1) is 5.89. The van der Waals surface area contributed by atoms with E-state index in [0.717, 1.165) is 5.57 Å². The summed E-state index contributed by atoms with van der Waals surface area (Å²) in [7, 11) is 0. The quantitative estimate of drug-likeness (QED) is 0.540. The smallest absolute Gasteiger partial charge is 0.217 e. The highest BCUT2D eigenvalue weighted by atomic mass is 16.7. The maximum atomic E-state index is 9.27. The van der Waals surface area contributed by atoms with Gasteiger partial charge >= 0.3 is 0 Å². The molecule has 0 aromatic carbocycles. The first-order chi connectivity index (χ1) is 4.74. The summed E-state index contributed by atoms with van der Waals surface area (Å²) in [5.41, 5.74) is 1.01. The summed E-state index contributed by atoms with van der Waals surface area (Å²) in [5.74, 6) is -0.980. The molecule has 0 bridgehead atoms. The number of hydrogen-bond acceptors (Lipinski definition) is 2. The van der Waals surface area contributed by atoms with Gasteiger partial charge in [-0.05, 0) is 17.7 Å². The van der Waals surface area contributed by atoms with Crippen LogP contribution >= 0.6 is 0 Å². The molecule has 1 heterocycles. The summed E-state index contributed by atoms with van der Waals surface area (Å²) in [6.45, 7) is 3.60. The largest absolute Gasteiger partial charge is 0.360 e. The zero-order chi connectivity index (χ0) is 7.19. The van der Waals surface area contributed by atoms with Crippen molar-refractivity contribution >= 4 is 0 Å². The van der Waals surface area contributed by atoms with Crippen molar-refractivity contribution in [3.63, 3.8) is 0 Å². The average Bonchev–Trinajstić information content (AvgIpc) is 2.59. The van der Waals surface area contributed by atoms with Gasteiger partial charge in [-0.1, -0.05) is 18.7 Å². The van der Waals surface area contributed by atoms with Crippen molar-refractivity contribution in [2.24, 2.45) is 0 Å². The molecule has 2 aliphatic rings. The standard InChI is InChI=1S/C8H8O2/c1-2-6-3-4-8(9)7(5-6)10-8/h2-5,7,9H,1H2. The molecule has 0 spiro atoms. The van der Waals surface area contributed by atoms with Crippen molar-refractivity contribution in [2.45, 2.75) is 11.9 Å². The number of epoxide rings is 1. The van der Waals surface area contributed by atoms with Gasteiger partial charge in [0.1, 0.15) is 6.10 Å². The lowest BCUT2D eigenvalue weighted by atomic mass is 10.1. The molecule has 10 heavy (non-hydrogen) atoms. The zero-order valence-corrected chi connectivity index (χ0v) is 5.45. The van der Waals surface area contributed by atoms with Gasteiger partial charge in [-0.2, -0.15) is 0 Å². The molecule has 2 heteroatoms. The van der Waals surface area contributed by atoms with Crippen LogP contribution in [0, 0.1) is 0 Å². The number of ether oxygens (including phenoxy) is 1. The molecule has 1 fully saturated rings. The predicted octanol–water partition coefficient (Wildman–Crippen LogP) is 0.756.